The first-order valence-corrected chi connectivity index (χ1v) is 5.98. The first-order chi connectivity index (χ1) is 7.97. The van der Waals surface area contributed by atoms with Crippen LogP contribution in [-0.4, -0.2) is 19.5 Å². The van der Waals surface area contributed by atoms with Gasteiger partial charge in [-0.3, -0.25) is 4.79 Å². The molecule has 3 nitrogen and oxygen atoms in total. The SMILES string of the molecule is CNC(=O)C(C)(C)CNC(C)c1ccccc1. The summed E-state index contributed by atoms with van der Waals surface area (Å²) >= 11 is 0. The summed E-state index contributed by atoms with van der Waals surface area (Å²) in [5.41, 5.74) is 0.845. The lowest BCUT2D eigenvalue weighted by atomic mass is 9.91. The van der Waals surface area contributed by atoms with Gasteiger partial charge in [0.2, 0.25) is 5.91 Å². The molecule has 1 unspecified atom stereocenters. The summed E-state index contributed by atoms with van der Waals surface area (Å²) in [7, 11) is 1.67. The van der Waals surface area contributed by atoms with Crippen LogP contribution >= 0.6 is 0 Å². The van der Waals surface area contributed by atoms with Gasteiger partial charge in [-0.15, -0.1) is 0 Å². The summed E-state index contributed by atoms with van der Waals surface area (Å²) in [4.78, 5) is 11.6. The Bertz CT molecular complexity index is 360. The molecule has 0 bridgehead atoms. The largest absolute Gasteiger partial charge is 0.359 e. The van der Waals surface area contributed by atoms with Gasteiger partial charge >= 0.3 is 0 Å². The van der Waals surface area contributed by atoms with Gasteiger partial charge in [0.15, 0.2) is 0 Å². The first kappa shape index (κ1) is 13.7. The molecule has 1 amide bonds. The lowest BCUT2D eigenvalue weighted by Gasteiger charge is -2.25. The smallest absolute Gasteiger partial charge is 0.226 e. The minimum absolute atomic E-state index is 0.0604. The predicted molar refractivity (Wildman–Crippen MR) is 70.7 cm³/mol. The molecule has 1 rings (SSSR count). The molecule has 94 valence electrons. The third-order valence-corrected chi connectivity index (χ3v) is 2.99. The Labute approximate surface area is 104 Å². The Morgan fingerprint density at radius 1 is 1.29 bits per heavy atom. The van der Waals surface area contributed by atoms with E-state index in [0.717, 1.165) is 0 Å². The first-order valence-electron chi connectivity index (χ1n) is 5.98. The topological polar surface area (TPSA) is 41.1 Å². The van der Waals surface area contributed by atoms with Gasteiger partial charge in [0.25, 0.3) is 0 Å². The van der Waals surface area contributed by atoms with E-state index in [2.05, 4.69) is 29.7 Å². The van der Waals surface area contributed by atoms with E-state index < -0.39 is 5.41 Å². The molecular weight excluding hydrogens is 212 g/mol. The van der Waals surface area contributed by atoms with E-state index in [1.165, 1.54) is 5.56 Å². The van der Waals surface area contributed by atoms with E-state index in [4.69, 9.17) is 0 Å². The molecule has 0 heterocycles. The maximum atomic E-state index is 11.6. The van der Waals surface area contributed by atoms with E-state index in [1.54, 1.807) is 7.05 Å². The molecule has 17 heavy (non-hydrogen) atoms. The van der Waals surface area contributed by atoms with Crippen molar-refractivity contribution in [3.05, 3.63) is 35.9 Å². The van der Waals surface area contributed by atoms with E-state index in [0.29, 0.717) is 6.54 Å². The quantitative estimate of drug-likeness (QED) is 0.819. The minimum atomic E-state index is -0.391. The zero-order valence-electron chi connectivity index (χ0n) is 11.1. The van der Waals surface area contributed by atoms with Crippen molar-refractivity contribution in [1.29, 1.82) is 0 Å². The normalized spacial score (nSPS) is 13.2. The average Bonchev–Trinajstić information content (AvgIpc) is 2.36. The molecule has 0 radical (unpaired) electrons. The van der Waals surface area contributed by atoms with Gasteiger partial charge in [0.1, 0.15) is 0 Å². The summed E-state index contributed by atoms with van der Waals surface area (Å²) in [6.07, 6.45) is 0. The number of amides is 1. The highest BCUT2D eigenvalue weighted by Crippen LogP contribution is 2.17. The molecule has 0 saturated heterocycles. The van der Waals surface area contributed by atoms with Crippen molar-refractivity contribution in [3.63, 3.8) is 0 Å². The molecule has 0 aliphatic heterocycles. The third-order valence-electron chi connectivity index (χ3n) is 2.99. The Balaban J connectivity index is 2.54. The van der Waals surface area contributed by atoms with Gasteiger partial charge in [-0.25, -0.2) is 0 Å². The highest BCUT2D eigenvalue weighted by molar-refractivity contribution is 5.81. The van der Waals surface area contributed by atoms with Crippen LogP contribution < -0.4 is 10.6 Å². The standard InChI is InChI=1S/C14H22N2O/c1-11(12-8-6-5-7-9-12)16-10-14(2,3)13(17)15-4/h5-9,11,16H,10H2,1-4H3,(H,15,17). The predicted octanol–water partition coefficient (Wildman–Crippen LogP) is 2.11. The highest BCUT2D eigenvalue weighted by Gasteiger charge is 2.26. The van der Waals surface area contributed by atoms with Crippen molar-refractivity contribution in [2.24, 2.45) is 5.41 Å². The van der Waals surface area contributed by atoms with Gasteiger partial charge in [-0.1, -0.05) is 30.3 Å². The third kappa shape index (κ3) is 3.86. The van der Waals surface area contributed by atoms with Crippen LogP contribution in [0.1, 0.15) is 32.4 Å². The van der Waals surface area contributed by atoms with Crippen molar-refractivity contribution in [1.82, 2.24) is 10.6 Å². The molecule has 0 aliphatic rings. The second kappa shape index (κ2) is 5.82. The molecule has 0 spiro atoms. The van der Waals surface area contributed by atoms with Gasteiger partial charge in [-0.2, -0.15) is 0 Å². The summed E-state index contributed by atoms with van der Waals surface area (Å²) in [6, 6.07) is 10.5. The fraction of sp³-hybridized carbons (Fsp3) is 0.500. The van der Waals surface area contributed by atoms with Crippen LogP contribution in [0.5, 0.6) is 0 Å². The van der Waals surface area contributed by atoms with E-state index in [-0.39, 0.29) is 11.9 Å². The zero-order valence-corrected chi connectivity index (χ0v) is 11.1. The average molecular weight is 234 g/mol. The summed E-state index contributed by atoms with van der Waals surface area (Å²) in [5, 5.41) is 6.08. The van der Waals surface area contributed by atoms with E-state index in [1.807, 2.05) is 32.0 Å². The minimum Gasteiger partial charge on any atom is -0.359 e. The molecule has 1 atom stereocenters. The molecular formula is C14H22N2O. The van der Waals surface area contributed by atoms with Crippen LogP contribution in [0.3, 0.4) is 0 Å². The van der Waals surface area contributed by atoms with Gasteiger partial charge in [0, 0.05) is 19.6 Å². The molecule has 1 aromatic rings. The number of benzene rings is 1. The molecule has 2 N–H and O–H groups in total. The van der Waals surface area contributed by atoms with Crippen LogP contribution in [0, 0.1) is 5.41 Å². The molecule has 3 heteroatoms. The van der Waals surface area contributed by atoms with Crippen LogP contribution in [0.4, 0.5) is 0 Å². The molecule has 1 aromatic carbocycles. The number of carbonyl (C=O) groups excluding carboxylic acids is 1. The summed E-state index contributed by atoms with van der Waals surface area (Å²) in [5.74, 6) is 0.0604. The van der Waals surface area contributed by atoms with Gasteiger partial charge in [0.05, 0.1) is 5.41 Å². The van der Waals surface area contributed by atoms with Gasteiger partial charge < -0.3 is 10.6 Å². The lowest BCUT2D eigenvalue weighted by molar-refractivity contribution is -0.128. The van der Waals surface area contributed by atoms with Crippen LogP contribution in [0.25, 0.3) is 0 Å². The van der Waals surface area contributed by atoms with E-state index >= 15 is 0 Å². The van der Waals surface area contributed by atoms with Crippen molar-refractivity contribution < 1.29 is 4.79 Å². The van der Waals surface area contributed by atoms with Crippen LogP contribution in [-0.2, 0) is 4.79 Å². The number of hydrogen-bond donors (Lipinski definition) is 2. The molecule has 0 aromatic heterocycles. The zero-order chi connectivity index (χ0) is 12.9. The van der Waals surface area contributed by atoms with Crippen molar-refractivity contribution in [3.8, 4) is 0 Å². The summed E-state index contributed by atoms with van der Waals surface area (Å²) in [6.45, 7) is 6.64. The van der Waals surface area contributed by atoms with Crippen molar-refractivity contribution in [2.45, 2.75) is 26.8 Å². The Morgan fingerprint density at radius 3 is 2.41 bits per heavy atom. The Hall–Kier alpha value is -1.35. The number of hydrogen-bond acceptors (Lipinski definition) is 2. The monoisotopic (exact) mass is 234 g/mol. The fourth-order valence-electron chi connectivity index (χ4n) is 1.69. The van der Waals surface area contributed by atoms with Gasteiger partial charge in [-0.05, 0) is 26.3 Å². The maximum Gasteiger partial charge on any atom is 0.226 e. The Morgan fingerprint density at radius 2 is 1.88 bits per heavy atom. The second-order valence-corrected chi connectivity index (χ2v) is 4.98. The Kier molecular flexibility index (Phi) is 4.70. The summed E-state index contributed by atoms with van der Waals surface area (Å²) < 4.78 is 0. The fourth-order valence-corrected chi connectivity index (χ4v) is 1.69. The van der Waals surface area contributed by atoms with Crippen LogP contribution in [0.2, 0.25) is 0 Å². The molecule has 0 saturated carbocycles. The maximum absolute atomic E-state index is 11.6. The number of carbonyl (C=O) groups is 1. The number of nitrogens with one attached hydrogen (secondary N) is 2. The molecule has 0 fully saturated rings. The second-order valence-electron chi connectivity index (χ2n) is 4.98. The molecule has 0 aliphatic carbocycles. The number of rotatable bonds is 5. The van der Waals surface area contributed by atoms with Crippen molar-refractivity contribution >= 4 is 5.91 Å². The van der Waals surface area contributed by atoms with Crippen molar-refractivity contribution in [2.75, 3.05) is 13.6 Å². The van der Waals surface area contributed by atoms with E-state index in [9.17, 15) is 4.79 Å². The van der Waals surface area contributed by atoms with Crippen LogP contribution in [0.15, 0.2) is 30.3 Å². The highest BCUT2D eigenvalue weighted by atomic mass is 16.2. The lowest BCUT2D eigenvalue weighted by Crippen LogP contribution is -2.42.